The summed E-state index contributed by atoms with van der Waals surface area (Å²) in [7, 11) is 3.12. The third-order valence-electron chi connectivity index (χ3n) is 8.31. The zero-order valence-corrected chi connectivity index (χ0v) is 28.8. The summed E-state index contributed by atoms with van der Waals surface area (Å²) in [6.45, 7) is 7.57. The second-order valence-corrected chi connectivity index (χ2v) is 12.4. The Morgan fingerprint density at radius 1 is 0.918 bits per heavy atom. The van der Waals surface area contributed by atoms with E-state index in [0.29, 0.717) is 23.3 Å². The average molecular weight is 673 g/mol. The number of esters is 2. The van der Waals surface area contributed by atoms with E-state index in [2.05, 4.69) is 0 Å². The third kappa shape index (κ3) is 9.29. The topological polar surface area (TPSA) is 108 Å². The highest BCUT2D eigenvalue weighted by molar-refractivity contribution is 5.97. The normalized spacial score (nSPS) is 24.0. The number of benzene rings is 3. The summed E-state index contributed by atoms with van der Waals surface area (Å²) in [5.74, 6) is -0.745. The fourth-order valence-corrected chi connectivity index (χ4v) is 5.58. The molecule has 0 N–H and O–H groups in total. The lowest BCUT2D eigenvalue weighted by molar-refractivity contribution is -0.152. The molecular weight excluding hydrogens is 628 g/mol. The summed E-state index contributed by atoms with van der Waals surface area (Å²) in [6, 6.07) is 19.8. The van der Waals surface area contributed by atoms with Gasteiger partial charge in [-0.3, -0.25) is 0 Å². The van der Waals surface area contributed by atoms with Gasteiger partial charge < -0.3 is 37.9 Å². The maximum atomic E-state index is 13.8. The van der Waals surface area contributed by atoms with Crippen molar-refractivity contribution in [2.45, 2.75) is 70.9 Å². The van der Waals surface area contributed by atoms with Gasteiger partial charge in [0.1, 0.15) is 47.7 Å². The van der Waals surface area contributed by atoms with E-state index in [4.69, 9.17) is 37.9 Å². The number of carbonyl (C=O) groups excluding carboxylic acids is 2. The van der Waals surface area contributed by atoms with Crippen LogP contribution in [0.25, 0.3) is 6.08 Å². The van der Waals surface area contributed by atoms with Crippen molar-refractivity contribution in [1.29, 1.82) is 0 Å². The van der Waals surface area contributed by atoms with Gasteiger partial charge >= 0.3 is 11.9 Å². The Kier molecular flexibility index (Phi) is 11.8. The van der Waals surface area contributed by atoms with Crippen molar-refractivity contribution in [2.75, 3.05) is 21.0 Å². The first kappa shape index (κ1) is 35.7. The molecule has 10 heteroatoms. The zero-order valence-electron chi connectivity index (χ0n) is 28.8. The Labute approximate surface area is 287 Å². The van der Waals surface area contributed by atoms with E-state index < -0.39 is 42.1 Å². The number of methoxy groups -OCH3 is 2. The van der Waals surface area contributed by atoms with E-state index in [1.807, 2.05) is 76.3 Å². The minimum absolute atomic E-state index is 0.0901. The van der Waals surface area contributed by atoms with Gasteiger partial charge in [-0.2, -0.15) is 0 Å². The molecule has 0 spiro atoms. The number of fused-ring (bicyclic) bond motifs is 2. The predicted octanol–water partition coefficient (Wildman–Crippen LogP) is 7.16. The molecule has 0 aliphatic carbocycles. The highest BCUT2D eigenvalue weighted by atomic mass is 16.8. The van der Waals surface area contributed by atoms with Gasteiger partial charge in [-0.1, -0.05) is 55.5 Å². The maximum Gasteiger partial charge on any atom is 0.342 e. The second kappa shape index (κ2) is 16.2. The summed E-state index contributed by atoms with van der Waals surface area (Å²) in [6.07, 6.45) is 5.32. The van der Waals surface area contributed by atoms with Crippen molar-refractivity contribution < 1.29 is 47.5 Å². The van der Waals surface area contributed by atoms with Gasteiger partial charge in [0.2, 0.25) is 0 Å². The Morgan fingerprint density at radius 2 is 1.67 bits per heavy atom. The van der Waals surface area contributed by atoms with Crippen molar-refractivity contribution in [3.05, 3.63) is 107 Å². The first-order valence-corrected chi connectivity index (χ1v) is 16.3. The van der Waals surface area contributed by atoms with Gasteiger partial charge in [0.15, 0.2) is 12.6 Å². The number of rotatable bonds is 9. The Bertz CT molecular complexity index is 1630. The van der Waals surface area contributed by atoms with Crippen molar-refractivity contribution in [2.24, 2.45) is 5.92 Å². The van der Waals surface area contributed by atoms with E-state index in [1.54, 1.807) is 49.6 Å². The molecule has 10 nitrogen and oxygen atoms in total. The van der Waals surface area contributed by atoms with Crippen LogP contribution in [0.4, 0.5) is 0 Å². The molecule has 0 bridgehead atoms. The SMILES string of the molecule is COCOc1cc(OCc2ccc(OC)cc2)cc2c1C(=O)O[C@@H](C)[C@H](C)/C=C\C(OC(=O)c1ccccc1)[C@H]1OC(C)(C)O[C@H]1CC=C2. The van der Waals surface area contributed by atoms with Crippen LogP contribution in [-0.4, -0.2) is 63.2 Å². The Balaban J connectivity index is 1.50. The van der Waals surface area contributed by atoms with Crippen LogP contribution >= 0.6 is 0 Å². The molecule has 5 rings (SSSR count). The standard InChI is InChI=1S/C39H44O10/c1-25-15-20-32(47-37(40)28-11-8-7-9-12-28)36-33(48-39(3,4)49-36)14-10-13-29-21-31(44-23-27-16-18-30(43-6)19-17-27)22-34(45-24-42-5)35(29)38(41)46-26(25)2/h7-13,15-22,25-26,32-33,36H,14,23-24H2,1-6H3/b13-10?,20-15-/t25-,26+,32?,33+,36-/m1/s1. The number of carbonyl (C=O) groups is 2. The summed E-state index contributed by atoms with van der Waals surface area (Å²) in [4.78, 5) is 27.0. The van der Waals surface area contributed by atoms with Gasteiger partial charge in [0, 0.05) is 19.1 Å². The fourth-order valence-electron chi connectivity index (χ4n) is 5.58. The molecule has 260 valence electrons. The lowest BCUT2D eigenvalue weighted by atomic mass is 9.98. The molecule has 3 aromatic rings. The first-order valence-electron chi connectivity index (χ1n) is 16.3. The quantitative estimate of drug-likeness (QED) is 0.132. The highest BCUT2D eigenvalue weighted by Crippen LogP contribution is 2.36. The van der Waals surface area contributed by atoms with Crippen molar-refractivity contribution in [3.63, 3.8) is 0 Å². The zero-order chi connectivity index (χ0) is 35.0. The molecule has 2 heterocycles. The van der Waals surface area contributed by atoms with Crippen LogP contribution in [-0.2, 0) is 30.3 Å². The van der Waals surface area contributed by atoms with E-state index in [9.17, 15) is 9.59 Å². The van der Waals surface area contributed by atoms with Gasteiger partial charge in [0.25, 0.3) is 0 Å². The van der Waals surface area contributed by atoms with Crippen LogP contribution in [0.2, 0.25) is 0 Å². The Morgan fingerprint density at radius 3 is 2.39 bits per heavy atom. The lowest BCUT2D eigenvalue weighted by Crippen LogP contribution is -2.37. The molecule has 0 aromatic heterocycles. The number of ether oxygens (including phenoxy) is 8. The molecule has 2 aliphatic rings. The van der Waals surface area contributed by atoms with Gasteiger partial charge in [-0.25, -0.2) is 9.59 Å². The predicted molar refractivity (Wildman–Crippen MR) is 183 cm³/mol. The van der Waals surface area contributed by atoms with E-state index >= 15 is 0 Å². The first-order chi connectivity index (χ1) is 23.6. The summed E-state index contributed by atoms with van der Waals surface area (Å²) >= 11 is 0. The highest BCUT2D eigenvalue weighted by Gasteiger charge is 2.45. The van der Waals surface area contributed by atoms with Crippen LogP contribution in [0.3, 0.4) is 0 Å². The van der Waals surface area contributed by atoms with E-state index in [1.165, 1.54) is 7.11 Å². The minimum atomic E-state index is -0.929. The number of hydrogen-bond acceptors (Lipinski definition) is 10. The molecule has 1 fully saturated rings. The number of hydrogen-bond donors (Lipinski definition) is 0. The minimum Gasteiger partial charge on any atom is -0.497 e. The summed E-state index contributed by atoms with van der Waals surface area (Å²) in [5, 5.41) is 0. The molecule has 1 unspecified atom stereocenters. The molecule has 2 aliphatic heterocycles. The smallest absolute Gasteiger partial charge is 0.342 e. The molecule has 49 heavy (non-hydrogen) atoms. The van der Waals surface area contributed by atoms with Crippen molar-refractivity contribution in [3.8, 4) is 17.2 Å². The van der Waals surface area contributed by atoms with E-state index in [-0.39, 0.29) is 30.6 Å². The molecule has 0 radical (unpaired) electrons. The average Bonchev–Trinajstić information content (AvgIpc) is 3.41. The lowest BCUT2D eigenvalue weighted by Gasteiger charge is -2.25. The molecule has 3 aromatic carbocycles. The molecule has 0 saturated carbocycles. The van der Waals surface area contributed by atoms with Gasteiger partial charge in [-0.15, -0.1) is 0 Å². The second-order valence-electron chi connectivity index (χ2n) is 12.4. The Hall–Kier alpha value is -4.64. The van der Waals surface area contributed by atoms with E-state index in [0.717, 1.165) is 11.3 Å². The molecular formula is C39H44O10. The molecule has 0 amide bonds. The fraction of sp³-hybridized carbons (Fsp3) is 0.385. The van der Waals surface area contributed by atoms with Crippen LogP contribution in [0.5, 0.6) is 17.2 Å². The number of cyclic esters (lactones) is 1. The molecule has 1 saturated heterocycles. The summed E-state index contributed by atoms with van der Waals surface area (Å²) < 4.78 is 47.2. The van der Waals surface area contributed by atoms with Crippen LogP contribution in [0, 0.1) is 5.92 Å². The van der Waals surface area contributed by atoms with Gasteiger partial charge in [0.05, 0.1) is 18.8 Å². The van der Waals surface area contributed by atoms with Crippen LogP contribution in [0.1, 0.15) is 66.0 Å². The summed E-state index contributed by atoms with van der Waals surface area (Å²) in [5.41, 5.74) is 2.12. The van der Waals surface area contributed by atoms with Crippen molar-refractivity contribution in [1.82, 2.24) is 0 Å². The largest absolute Gasteiger partial charge is 0.497 e. The van der Waals surface area contributed by atoms with Gasteiger partial charge in [-0.05, 0) is 74.7 Å². The maximum absolute atomic E-state index is 13.8. The molecule has 5 atom stereocenters. The van der Waals surface area contributed by atoms with Crippen molar-refractivity contribution >= 4 is 18.0 Å². The van der Waals surface area contributed by atoms with Crippen LogP contribution < -0.4 is 14.2 Å². The monoisotopic (exact) mass is 672 g/mol. The van der Waals surface area contributed by atoms with Crippen LogP contribution in [0.15, 0.2) is 85.0 Å². The third-order valence-corrected chi connectivity index (χ3v) is 8.31.